The minimum atomic E-state index is -1.66. The van der Waals surface area contributed by atoms with E-state index < -0.39 is 41.7 Å². The molecule has 4 unspecified atom stereocenters. The molecule has 0 fully saturated rings. The average Bonchev–Trinajstić information content (AvgIpc) is 3.33. The minimum absolute atomic E-state index is 0.125. The van der Waals surface area contributed by atoms with Crippen LogP contribution in [0.3, 0.4) is 0 Å². The highest BCUT2D eigenvalue weighted by molar-refractivity contribution is 6.36. The summed E-state index contributed by atoms with van der Waals surface area (Å²) in [5.41, 5.74) is 1.30. The Morgan fingerprint density at radius 2 is 0.984 bits per heavy atom. The van der Waals surface area contributed by atoms with Crippen LogP contribution in [0.15, 0.2) is 181 Å². The van der Waals surface area contributed by atoms with Crippen molar-refractivity contribution in [2.24, 2.45) is 22.7 Å². The summed E-state index contributed by atoms with van der Waals surface area (Å²) < 4.78 is 0. The Bertz CT molecular complexity index is 2580. The highest BCUT2D eigenvalue weighted by Gasteiger charge is 2.58. The Labute approximate surface area is 392 Å². The number of aliphatic hydroxyl groups excluding tert-OH is 2. The summed E-state index contributed by atoms with van der Waals surface area (Å²) in [5, 5.41) is 30.4. The number of ketones is 3. The highest BCUT2D eigenvalue weighted by Crippen LogP contribution is 2.58. The fourth-order valence-electron chi connectivity index (χ4n) is 9.57. The van der Waals surface area contributed by atoms with Gasteiger partial charge >= 0.3 is 0 Å². The minimum Gasteiger partial charge on any atom is -0.396 e. The Morgan fingerprint density at radius 3 is 1.34 bits per heavy atom. The maximum absolute atomic E-state index is 17.0. The first kappa shape index (κ1) is 45.1. The van der Waals surface area contributed by atoms with Crippen LogP contribution in [0, 0.1) is 22.7 Å². The number of benzene rings is 4. The number of rotatable bonds is 14. The summed E-state index contributed by atoms with van der Waals surface area (Å²) in [5.74, 6) is -2.72. The van der Waals surface area contributed by atoms with Crippen LogP contribution in [0.5, 0.6) is 0 Å². The number of carbonyl (C=O) groups is 3. The van der Waals surface area contributed by atoms with E-state index in [0.29, 0.717) is 66.3 Å². The van der Waals surface area contributed by atoms with Gasteiger partial charge in [0, 0.05) is 90.9 Å². The molecule has 4 atom stereocenters. The van der Waals surface area contributed by atoms with Gasteiger partial charge in [0.2, 0.25) is 0 Å². The maximum atomic E-state index is 17.0. The van der Waals surface area contributed by atoms with Crippen molar-refractivity contribution in [2.75, 3.05) is 13.2 Å². The molecule has 8 rings (SSSR count). The van der Waals surface area contributed by atoms with Gasteiger partial charge < -0.3 is 20.8 Å². The Balaban J connectivity index is 1.46. The number of carbonyl (C=O) groups excluding carboxylic acids is 3. The summed E-state index contributed by atoms with van der Waals surface area (Å²) in [6.45, 7) is -0.899. The van der Waals surface area contributed by atoms with Gasteiger partial charge in [0.15, 0.2) is 17.3 Å². The van der Waals surface area contributed by atoms with Crippen LogP contribution in [0.1, 0.15) is 57.5 Å². The second-order valence-corrected chi connectivity index (χ2v) is 17.9. The van der Waals surface area contributed by atoms with Gasteiger partial charge in [-0.1, -0.05) is 144 Å². The molecule has 64 heavy (non-hydrogen) atoms. The van der Waals surface area contributed by atoms with Gasteiger partial charge in [-0.3, -0.25) is 14.4 Å². The lowest BCUT2D eigenvalue weighted by molar-refractivity contribution is -0.139. The van der Waals surface area contributed by atoms with Crippen LogP contribution >= 0.6 is 46.4 Å². The molecule has 4 N–H and O–H groups in total. The number of hydrogen-bond acceptors (Lipinski definition) is 7. The van der Waals surface area contributed by atoms with Gasteiger partial charge in [-0.25, -0.2) is 0 Å². The van der Waals surface area contributed by atoms with E-state index in [1.165, 1.54) is 0 Å². The lowest BCUT2D eigenvalue weighted by atomic mass is 9.51. The second kappa shape index (κ2) is 19.3. The van der Waals surface area contributed by atoms with E-state index in [-0.39, 0.29) is 35.6 Å². The van der Waals surface area contributed by atoms with Crippen molar-refractivity contribution in [2.45, 2.75) is 25.7 Å². The zero-order valence-electron chi connectivity index (χ0n) is 34.5. The SMILES string of the molecule is O=C(C1=CC(CCO)(C(=O)C2(CCO)C=C(C(=O)c3ccccc3)C(c3cc(Cl)ccc3Cl)=CC2C2=CNC=CC2)C(C2=CNC=CC2)C=C1c1cc(Cl)ccc1Cl)c1ccccc1. The van der Waals surface area contributed by atoms with Crippen LogP contribution in [0.25, 0.3) is 11.1 Å². The van der Waals surface area contributed by atoms with Crippen molar-refractivity contribution >= 4 is 74.9 Å². The Hall–Kier alpha value is -5.51. The second-order valence-electron chi connectivity index (χ2n) is 16.2. The normalized spacial score (nSPS) is 22.7. The molecule has 2 aliphatic carbocycles. The topological polar surface area (TPSA) is 116 Å². The molecule has 4 aliphatic rings. The van der Waals surface area contributed by atoms with Crippen LogP contribution in [-0.4, -0.2) is 40.8 Å². The molecule has 324 valence electrons. The van der Waals surface area contributed by atoms with Gasteiger partial charge in [-0.05, 0) is 96.8 Å². The van der Waals surface area contributed by atoms with E-state index >= 15 is 14.4 Å². The van der Waals surface area contributed by atoms with Gasteiger partial charge in [0.25, 0.3) is 0 Å². The molecule has 0 aromatic heterocycles. The number of aliphatic hydroxyl groups is 2. The number of nitrogens with one attached hydrogen (secondary N) is 2. The molecular weight excluding hydrogens is 886 g/mol. The maximum Gasteiger partial charge on any atom is 0.193 e. The third-order valence-corrected chi connectivity index (χ3v) is 13.7. The molecule has 0 bridgehead atoms. The summed E-state index contributed by atoms with van der Waals surface area (Å²) >= 11 is 27.2. The lowest BCUT2D eigenvalue weighted by Crippen LogP contribution is -2.53. The molecule has 0 saturated carbocycles. The summed E-state index contributed by atoms with van der Waals surface area (Å²) in [6, 6.07) is 27.6. The highest BCUT2D eigenvalue weighted by atomic mass is 35.5. The standard InChI is InChI=1S/C53H44Cl4N2O5/c54-37-15-17-47(56)41(25-37)39-27-45(35-13-7-21-58-31-35)52(19-23-60,29-43(39)49(62)33-9-3-1-4-10-33)51(64)53(20-24-61)30-44(50(63)34-11-5-2-6-12-34)40(42-26-38(55)16-18-48(42)57)28-46(53)36-14-8-22-59-32-36/h1-12,15-18,21-22,25-32,45-46,58-61H,13-14,19-20,23-24H2. The van der Waals surface area contributed by atoms with Crippen LogP contribution in [0.4, 0.5) is 0 Å². The molecule has 11 heteroatoms. The van der Waals surface area contributed by atoms with E-state index in [0.717, 1.165) is 11.1 Å². The van der Waals surface area contributed by atoms with Crippen LogP contribution in [0.2, 0.25) is 20.1 Å². The predicted octanol–water partition coefficient (Wildman–Crippen LogP) is 11.7. The zero-order valence-corrected chi connectivity index (χ0v) is 37.6. The fraction of sp³-hybridized carbons (Fsp3) is 0.189. The number of dihydropyridines is 2. The molecular formula is C53H44Cl4N2O5. The van der Waals surface area contributed by atoms with E-state index in [9.17, 15) is 10.2 Å². The largest absolute Gasteiger partial charge is 0.396 e. The monoisotopic (exact) mass is 928 g/mol. The van der Waals surface area contributed by atoms with Gasteiger partial charge in [0.1, 0.15) is 0 Å². The quantitative estimate of drug-likeness (QED) is 0.0931. The van der Waals surface area contributed by atoms with Crippen molar-refractivity contribution in [1.82, 2.24) is 10.6 Å². The van der Waals surface area contributed by atoms with Crippen LogP contribution in [-0.2, 0) is 4.79 Å². The van der Waals surface area contributed by atoms with Gasteiger partial charge in [-0.15, -0.1) is 0 Å². The molecule has 0 saturated heterocycles. The molecule has 2 aliphatic heterocycles. The van der Waals surface area contributed by atoms with Crippen LogP contribution < -0.4 is 10.6 Å². The summed E-state index contributed by atoms with van der Waals surface area (Å²) in [4.78, 5) is 47.2. The molecule has 2 heterocycles. The third-order valence-electron chi connectivity index (χ3n) is 12.5. The first-order chi connectivity index (χ1) is 31.0. The molecule has 0 radical (unpaired) electrons. The fourth-order valence-corrected chi connectivity index (χ4v) is 10.3. The predicted molar refractivity (Wildman–Crippen MR) is 257 cm³/mol. The van der Waals surface area contributed by atoms with Crippen molar-refractivity contribution in [3.63, 3.8) is 0 Å². The third kappa shape index (κ3) is 8.57. The van der Waals surface area contributed by atoms with E-state index in [1.807, 2.05) is 48.8 Å². The van der Waals surface area contributed by atoms with Gasteiger partial charge in [0.05, 0.1) is 10.8 Å². The number of allylic oxidation sites excluding steroid dienone is 12. The summed E-state index contributed by atoms with van der Waals surface area (Å²) in [7, 11) is 0. The average molecular weight is 931 g/mol. The number of Topliss-reactive ketones (excluding diaryl/α,β-unsaturated/α-hetero) is 3. The molecule has 4 aromatic rings. The summed E-state index contributed by atoms with van der Waals surface area (Å²) in [6.07, 6.45) is 19.0. The number of hydrogen-bond donors (Lipinski definition) is 4. The van der Waals surface area contributed by atoms with E-state index in [1.54, 1.807) is 109 Å². The molecule has 0 amide bonds. The molecule has 4 aromatic carbocycles. The first-order valence-electron chi connectivity index (χ1n) is 21.0. The van der Waals surface area contributed by atoms with Crippen molar-refractivity contribution in [3.05, 3.63) is 223 Å². The smallest absolute Gasteiger partial charge is 0.193 e. The van der Waals surface area contributed by atoms with Gasteiger partial charge in [-0.2, -0.15) is 0 Å². The molecule has 0 spiro atoms. The van der Waals surface area contributed by atoms with E-state index in [2.05, 4.69) is 10.6 Å². The zero-order chi connectivity index (χ0) is 45.0. The lowest BCUT2D eigenvalue weighted by Gasteiger charge is -2.50. The van der Waals surface area contributed by atoms with Crippen molar-refractivity contribution in [3.8, 4) is 0 Å². The van der Waals surface area contributed by atoms with Crippen molar-refractivity contribution < 1.29 is 24.6 Å². The Morgan fingerprint density at radius 1 is 0.578 bits per heavy atom. The molecule has 7 nitrogen and oxygen atoms in total. The van der Waals surface area contributed by atoms with Crippen molar-refractivity contribution in [1.29, 1.82) is 0 Å². The Kier molecular flexibility index (Phi) is 13.6. The first-order valence-corrected chi connectivity index (χ1v) is 22.5. The number of halogens is 4. The van der Waals surface area contributed by atoms with E-state index in [4.69, 9.17) is 46.4 Å².